The number of furan rings is 1. The van der Waals surface area contributed by atoms with Crippen molar-refractivity contribution in [3.05, 3.63) is 24.2 Å². The summed E-state index contributed by atoms with van der Waals surface area (Å²) >= 11 is 0. The largest absolute Gasteiger partial charge is 0.458 e. The van der Waals surface area contributed by atoms with E-state index in [2.05, 4.69) is 12.2 Å². The average molecular weight is 211 g/mol. The Balaban J connectivity index is 2.03. The normalized spacial score (nSPS) is 10.2. The lowest BCUT2D eigenvalue weighted by Crippen LogP contribution is -2.22. The quantitative estimate of drug-likeness (QED) is 0.552. The van der Waals surface area contributed by atoms with E-state index in [4.69, 9.17) is 9.15 Å². The Morgan fingerprint density at radius 1 is 1.53 bits per heavy atom. The van der Waals surface area contributed by atoms with Crippen molar-refractivity contribution >= 4 is 5.97 Å². The van der Waals surface area contributed by atoms with Gasteiger partial charge in [-0.05, 0) is 25.1 Å². The summed E-state index contributed by atoms with van der Waals surface area (Å²) in [6.45, 7) is 4.17. The Labute approximate surface area is 89.6 Å². The lowest BCUT2D eigenvalue weighted by molar-refractivity contribution is 0.0472. The minimum atomic E-state index is -0.405. The maximum Gasteiger partial charge on any atom is 0.374 e. The molecule has 0 spiro atoms. The monoisotopic (exact) mass is 211 g/mol. The van der Waals surface area contributed by atoms with Crippen LogP contribution >= 0.6 is 0 Å². The summed E-state index contributed by atoms with van der Waals surface area (Å²) in [6, 6.07) is 3.25. The molecule has 1 N–H and O–H groups in total. The van der Waals surface area contributed by atoms with Gasteiger partial charge in [-0.15, -0.1) is 0 Å². The molecule has 0 amide bonds. The van der Waals surface area contributed by atoms with Crippen molar-refractivity contribution < 1.29 is 13.9 Å². The number of unbranched alkanes of at least 4 members (excludes halogenated alkanes) is 1. The SMILES string of the molecule is CCCCNCCOC(=O)c1ccco1. The van der Waals surface area contributed by atoms with E-state index in [1.807, 2.05) is 0 Å². The van der Waals surface area contributed by atoms with Gasteiger partial charge in [-0.3, -0.25) is 0 Å². The molecule has 0 unspecified atom stereocenters. The molecule has 0 saturated heterocycles. The first-order valence-corrected chi connectivity index (χ1v) is 5.26. The summed E-state index contributed by atoms with van der Waals surface area (Å²) in [6.07, 6.45) is 3.77. The van der Waals surface area contributed by atoms with Crippen molar-refractivity contribution in [2.24, 2.45) is 0 Å². The Kier molecular flexibility index (Phi) is 5.55. The van der Waals surface area contributed by atoms with Crippen molar-refractivity contribution in [2.75, 3.05) is 19.7 Å². The van der Waals surface area contributed by atoms with Crippen LogP contribution in [0.1, 0.15) is 30.3 Å². The van der Waals surface area contributed by atoms with E-state index in [1.165, 1.54) is 12.7 Å². The smallest absolute Gasteiger partial charge is 0.374 e. The molecule has 1 aromatic rings. The summed E-state index contributed by atoms with van der Waals surface area (Å²) in [5.41, 5.74) is 0. The van der Waals surface area contributed by atoms with E-state index in [1.54, 1.807) is 12.1 Å². The molecular formula is C11H17NO3. The number of esters is 1. The second-order valence-corrected chi connectivity index (χ2v) is 3.22. The highest BCUT2D eigenvalue weighted by Crippen LogP contribution is 2.01. The number of hydrogen-bond acceptors (Lipinski definition) is 4. The molecule has 84 valence electrons. The minimum Gasteiger partial charge on any atom is -0.458 e. The van der Waals surface area contributed by atoms with E-state index in [0.717, 1.165) is 13.0 Å². The van der Waals surface area contributed by atoms with Gasteiger partial charge in [0.25, 0.3) is 0 Å². The molecule has 15 heavy (non-hydrogen) atoms. The first kappa shape index (κ1) is 11.8. The van der Waals surface area contributed by atoms with Gasteiger partial charge in [0.2, 0.25) is 5.76 Å². The standard InChI is InChI=1S/C11H17NO3/c1-2-3-6-12-7-9-15-11(13)10-5-4-8-14-10/h4-5,8,12H,2-3,6-7,9H2,1H3. The van der Waals surface area contributed by atoms with Crippen LogP contribution in [0.2, 0.25) is 0 Å². The molecule has 0 aliphatic heterocycles. The van der Waals surface area contributed by atoms with Gasteiger partial charge in [-0.1, -0.05) is 13.3 Å². The van der Waals surface area contributed by atoms with E-state index < -0.39 is 5.97 Å². The van der Waals surface area contributed by atoms with Crippen LogP contribution in [-0.4, -0.2) is 25.7 Å². The fraction of sp³-hybridized carbons (Fsp3) is 0.545. The van der Waals surface area contributed by atoms with E-state index in [-0.39, 0.29) is 5.76 Å². The molecule has 0 aromatic carbocycles. The van der Waals surface area contributed by atoms with Gasteiger partial charge in [-0.2, -0.15) is 0 Å². The Morgan fingerprint density at radius 3 is 3.07 bits per heavy atom. The minimum absolute atomic E-state index is 0.253. The molecule has 0 bridgehead atoms. The zero-order valence-electron chi connectivity index (χ0n) is 8.99. The second-order valence-electron chi connectivity index (χ2n) is 3.22. The van der Waals surface area contributed by atoms with Crippen LogP contribution in [0.4, 0.5) is 0 Å². The van der Waals surface area contributed by atoms with Crippen LogP contribution in [0, 0.1) is 0 Å². The Bertz CT molecular complexity index is 269. The molecule has 1 aromatic heterocycles. The van der Waals surface area contributed by atoms with Crippen molar-refractivity contribution in [3.63, 3.8) is 0 Å². The molecule has 0 saturated carbocycles. The fourth-order valence-electron chi connectivity index (χ4n) is 1.11. The molecule has 4 heteroatoms. The Morgan fingerprint density at radius 2 is 2.40 bits per heavy atom. The highest BCUT2D eigenvalue weighted by molar-refractivity contribution is 5.86. The van der Waals surface area contributed by atoms with Crippen LogP contribution < -0.4 is 5.32 Å². The highest BCUT2D eigenvalue weighted by Gasteiger charge is 2.08. The van der Waals surface area contributed by atoms with Gasteiger partial charge in [0, 0.05) is 6.54 Å². The van der Waals surface area contributed by atoms with Crippen molar-refractivity contribution in [1.82, 2.24) is 5.32 Å². The van der Waals surface area contributed by atoms with Gasteiger partial charge in [0.1, 0.15) is 6.61 Å². The van der Waals surface area contributed by atoms with E-state index in [0.29, 0.717) is 13.2 Å². The number of carbonyl (C=O) groups excluding carboxylic acids is 1. The Hall–Kier alpha value is -1.29. The first-order chi connectivity index (χ1) is 7.34. The van der Waals surface area contributed by atoms with Crippen LogP contribution in [0.25, 0.3) is 0 Å². The number of nitrogens with one attached hydrogen (secondary N) is 1. The lowest BCUT2D eigenvalue weighted by atomic mass is 10.3. The van der Waals surface area contributed by atoms with Crippen LogP contribution in [0.5, 0.6) is 0 Å². The predicted molar refractivity (Wildman–Crippen MR) is 56.8 cm³/mol. The first-order valence-electron chi connectivity index (χ1n) is 5.26. The topological polar surface area (TPSA) is 51.5 Å². The molecular weight excluding hydrogens is 194 g/mol. The maximum absolute atomic E-state index is 11.3. The van der Waals surface area contributed by atoms with Crippen LogP contribution in [0.3, 0.4) is 0 Å². The van der Waals surface area contributed by atoms with Gasteiger partial charge in [-0.25, -0.2) is 4.79 Å². The summed E-state index contributed by atoms with van der Waals surface area (Å²) in [5.74, 6) is -0.152. The number of ether oxygens (including phenoxy) is 1. The van der Waals surface area contributed by atoms with Crippen LogP contribution in [-0.2, 0) is 4.74 Å². The number of hydrogen-bond donors (Lipinski definition) is 1. The summed E-state index contributed by atoms with van der Waals surface area (Å²) in [5, 5.41) is 3.18. The number of carbonyl (C=O) groups is 1. The van der Waals surface area contributed by atoms with Gasteiger partial charge < -0.3 is 14.5 Å². The average Bonchev–Trinajstić information content (AvgIpc) is 2.76. The molecule has 4 nitrogen and oxygen atoms in total. The lowest BCUT2D eigenvalue weighted by Gasteiger charge is -2.04. The summed E-state index contributed by atoms with van der Waals surface area (Å²) in [7, 11) is 0. The summed E-state index contributed by atoms with van der Waals surface area (Å²) in [4.78, 5) is 11.3. The second kappa shape index (κ2) is 7.06. The number of rotatable bonds is 7. The zero-order valence-corrected chi connectivity index (χ0v) is 8.99. The van der Waals surface area contributed by atoms with E-state index >= 15 is 0 Å². The zero-order chi connectivity index (χ0) is 10.9. The van der Waals surface area contributed by atoms with Crippen molar-refractivity contribution in [1.29, 1.82) is 0 Å². The molecule has 0 atom stereocenters. The predicted octanol–water partition coefficient (Wildman–Crippen LogP) is 1.83. The third-order valence-electron chi connectivity index (χ3n) is 1.94. The summed E-state index contributed by atoms with van der Waals surface area (Å²) < 4.78 is 9.87. The third kappa shape index (κ3) is 4.65. The van der Waals surface area contributed by atoms with Gasteiger partial charge in [0.05, 0.1) is 6.26 Å². The van der Waals surface area contributed by atoms with Crippen molar-refractivity contribution in [3.8, 4) is 0 Å². The fourth-order valence-corrected chi connectivity index (χ4v) is 1.11. The van der Waals surface area contributed by atoms with Gasteiger partial charge >= 0.3 is 5.97 Å². The van der Waals surface area contributed by atoms with E-state index in [9.17, 15) is 4.79 Å². The molecule has 0 aliphatic carbocycles. The molecule has 1 heterocycles. The molecule has 0 radical (unpaired) electrons. The van der Waals surface area contributed by atoms with Gasteiger partial charge in [0.15, 0.2) is 0 Å². The molecule has 0 aliphatic rings. The third-order valence-corrected chi connectivity index (χ3v) is 1.94. The molecule has 0 fully saturated rings. The molecule has 1 rings (SSSR count). The van der Waals surface area contributed by atoms with Crippen molar-refractivity contribution in [2.45, 2.75) is 19.8 Å². The maximum atomic E-state index is 11.3. The highest BCUT2D eigenvalue weighted by atomic mass is 16.5. The van der Waals surface area contributed by atoms with Crippen LogP contribution in [0.15, 0.2) is 22.8 Å².